The van der Waals surface area contributed by atoms with Crippen LogP contribution in [0.4, 0.5) is 13.2 Å². The quantitative estimate of drug-likeness (QED) is 0.377. The number of amides is 2. The van der Waals surface area contributed by atoms with Crippen molar-refractivity contribution in [3.8, 4) is 23.0 Å². The molecule has 2 fully saturated rings. The first-order valence-electron chi connectivity index (χ1n) is 15.8. The molecule has 244 valence electrons. The summed E-state index contributed by atoms with van der Waals surface area (Å²) in [6.07, 6.45) is -0.855. The van der Waals surface area contributed by atoms with E-state index in [1.54, 1.807) is 12.3 Å². The number of nitrogens with zero attached hydrogens (tertiary/aromatic N) is 5. The lowest BCUT2D eigenvalue weighted by molar-refractivity contribution is -0.141. The van der Waals surface area contributed by atoms with Gasteiger partial charge in [0.25, 0.3) is 11.8 Å². The maximum atomic E-state index is 14.0. The summed E-state index contributed by atoms with van der Waals surface area (Å²) < 4.78 is 53.1. The Morgan fingerprint density at radius 3 is 2.59 bits per heavy atom. The van der Waals surface area contributed by atoms with Crippen LogP contribution >= 0.6 is 0 Å². The standard InChI is InChI=1S/C33H37F3N6O4/c1-3-18-46-26-10-7-23(28(40-26)33(34,35)36)30(43)41-16-12-32(13-17-41)20-42(21-11-15-37-19-21)31(44)27-24(32)8-9-25(39-27)22-6-5-14-38-29(22)45-4-2/h5-10,14,21,37H,3-4,11-13,15-20H2,1-2H3. The highest BCUT2D eigenvalue weighted by atomic mass is 19.4. The predicted octanol–water partition coefficient (Wildman–Crippen LogP) is 4.74. The summed E-state index contributed by atoms with van der Waals surface area (Å²) in [4.78, 5) is 43.8. The number of pyridine rings is 3. The van der Waals surface area contributed by atoms with Gasteiger partial charge in [-0.3, -0.25) is 9.59 Å². The summed E-state index contributed by atoms with van der Waals surface area (Å²) in [5.41, 5.74) is 0.122. The number of halogens is 3. The zero-order valence-electron chi connectivity index (χ0n) is 25.9. The molecule has 1 unspecified atom stereocenters. The maximum absolute atomic E-state index is 14.0. The Balaban J connectivity index is 1.31. The molecule has 3 aromatic rings. The first-order valence-corrected chi connectivity index (χ1v) is 15.8. The Labute approximate surface area is 265 Å². The molecule has 3 aliphatic rings. The van der Waals surface area contributed by atoms with E-state index in [0.29, 0.717) is 61.8 Å². The van der Waals surface area contributed by atoms with Gasteiger partial charge in [-0.2, -0.15) is 13.2 Å². The van der Waals surface area contributed by atoms with Crippen LogP contribution in [0.15, 0.2) is 42.6 Å². The number of rotatable bonds is 8. The number of nitrogens with one attached hydrogen (secondary N) is 1. The van der Waals surface area contributed by atoms with Gasteiger partial charge in [0, 0.05) is 49.9 Å². The van der Waals surface area contributed by atoms with Crippen molar-refractivity contribution in [2.75, 3.05) is 45.9 Å². The summed E-state index contributed by atoms with van der Waals surface area (Å²) in [5.74, 6) is -0.617. The molecule has 2 saturated heterocycles. The van der Waals surface area contributed by atoms with Crippen molar-refractivity contribution in [2.24, 2.45) is 0 Å². The Morgan fingerprint density at radius 2 is 1.89 bits per heavy atom. The molecule has 6 rings (SSSR count). The molecule has 6 heterocycles. The average Bonchev–Trinajstić information content (AvgIpc) is 3.60. The number of hydrogen-bond donors (Lipinski definition) is 1. The normalized spacial score (nSPS) is 19.3. The van der Waals surface area contributed by atoms with Crippen LogP contribution in [0.3, 0.4) is 0 Å². The largest absolute Gasteiger partial charge is 0.478 e. The molecule has 1 spiro atoms. The molecular formula is C33H37F3N6O4. The van der Waals surface area contributed by atoms with Gasteiger partial charge in [0.1, 0.15) is 5.69 Å². The lowest BCUT2D eigenvalue weighted by Crippen LogP contribution is -2.58. The van der Waals surface area contributed by atoms with Gasteiger partial charge in [0.2, 0.25) is 11.8 Å². The van der Waals surface area contributed by atoms with Gasteiger partial charge in [-0.25, -0.2) is 15.0 Å². The Hall–Kier alpha value is -4.26. The smallest absolute Gasteiger partial charge is 0.434 e. The van der Waals surface area contributed by atoms with Crippen molar-refractivity contribution in [2.45, 2.75) is 57.2 Å². The molecular weight excluding hydrogens is 601 g/mol. The Morgan fingerprint density at radius 1 is 1.09 bits per heavy atom. The van der Waals surface area contributed by atoms with Crippen molar-refractivity contribution in [1.29, 1.82) is 0 Å². The molecule has 3 aromatic heterocycles. The predicted molar refractivity (Wildman–Crippen MR) is 163 cm³/mol. The van der Waals surface area contributed by atoms with E-state index < -0.39 is 28.8 Å². The fourth-order valence-electron chi connectivity index (χ4n) is 6.71. The van der Waals surface area contributed by atoms with E-state index in [0.717, 1.165) is 24.6 Å². The third-order valence-electron chi connectivity index (χ3n) is 9.04. The minimum absolute atomic E-state index is 0.00567. The van der Waals surface area contributed by atoms with Crippen molar-refractivity contribution in [3.05, 3.63) is 65.1 Å². The lowest BCUT2D eigenvalue weighted by atomic mass is 9.69. The second-order valence-electron chi connectivity index (χ2n) is 11.9. The third kappa shape index (κ3) is 6.00. The van der Waals surface area contributed by atoms with Crippen LogP contribution < -0.4 is 14.8 Å². The highest BCUT2D eigenvalue weighted by Crippen LogP contribution is 2.44. The average molecular weight is 639 g/mol. The van der Waals surface area contributed by atoms with E-state index in [2.05, 4.69) is 15.3 Å². The molecule has 3 aliphatic heterocycles. The van der Waals surface area contributed by atoms with Crippen molar-refractivity contribution in [1.82, 2.24) is 30.1 Å². The zero-order valence-corrected chi connectivity index (χ0v) is 25.9. The highest BCUT2D eigenvalue weighted by Gasteiger charge is 2.49. The number of ether oxygens (including phenoxy) is 2. The summed E-state index contributed by atoms with van der Waals surface area (Å²) in [6.45, 7) is 6.70. The minimum Gasteiger partial charge on any atom is -0.478 e. The number of hydrogen-bond acceptors (Lipinski definition) is 8. The van der Waals surface area contributed by atoms with E-state index in [4.69, 9.17) is 14.5 Å². The van der Waals surface area contributed by atoms with Crippen molar-refractivity contribution >= 4 is 11.8 Å². The highest BCUT2D eigenvalue weighted by molar-refractivity contribution is 5.97. The van der Waals surface area contributed by atoms with Crippen molar-refractivity contribution < 1.29 is 32.2 Å². The molecule has 0 aliphatic carbocycles. The second-order valence-corrected chi connectivity index (χ2v) is 11.9. The maximum Gasteiger partial charge on any atom is 0.434 e. The molecule has 13 heteroatoms. The zero-order chi connectivity index (χ0) is 32.5. The van der Waals surface area contributed by atoms with Gasteiger partial charge < -0.3 is 24.6 Å². The molecule has 0 radical (unpaired) electrons. The summed E-state index contributed by atoms with van der Waals surface area (Å²) in [5, 5.41) is 3.34. The van der Waals surface area contributed by atoms with Crippen LogP contribution in [-0.2, 0) is 11.6 Å². The summed E-state index contributed by atoms with van der Waals surface area (Å²) >= 11 is 0. The molecule has 10 nitrogen and oxygen atoms in total. The fraction of sp³-hybridized carbons (Fsp3) is 0.485. The van der Waals surface area contributed by atoms with Gasteiger partial charge in [0.05, 0.1) is 30.0 Å². The van der Waals surface area contributed by atoms with E-state index in [-0.39, 0.29) is 37.5 Å². The molecule has 46 heavy (non-hydrogen) atoms. The first-order chi connectivity index (χ1) is 22.1. The third-order valence-corrected chi connectivity index (χ3v) is 9.04. The van der Waals surface area contributed by atoms with Crippen LogP contribution in [-0.4, -0.2) is 88.5 Å². The SMILES string of the molecule is CCCOc1ccc(C(=O)N2CCC3(CC2)CN(C2CCNC2)C(=O)c2nc(-c4cccnc4OCC)ccc23)c(C(F)(F)F)n1. The molecule has 2 amide bonds. The number of likely N-dealkylation sites (tertiary alicyclic amines) is 1. The molecule has 0 saturated carbocycles. The van der Waals surface area contributed by atoms with Crippen LogP contribution in [0.1, 0.15) is 71.6 Å². The van der Waals surface area contributed by atoms with Gasteiger partial charge in [-0.15, -0.1) is 0 Å². The Kier molecular flexibility index (Phi) is 8.86. The Bertz CT molecular complexity index is 1600. The fourth-order valence-corrected chi connectivity index (χ4v) is 6.71. The number of piperidine rings is 1. The first kappa shape index (κ1) is 31.7. The van der Waals surface area contributed by atoms with Gasteiger partial charge >= 0.3 is 6.18 Å². The van der Waals surface area contributed by atoms with E-state index >= 15 is 0 Å². The van der Waals surface area contributed by atoms with E-state index in [1.165, 1.54) is 11.0 Å². The topological polar surface area (TPSA) is 110 Å². The summed E-state index contributed by atoms with van der Waals surface area (Å²) in [6, 6.07) is 9.89. The molecule has 1 atom stereocenters. The monoisotopic (exact) mass is 638 g/mol. The number of alkyl halides is 3. The molecule has 1 N–H and O–H groups in total. The minimum atomic E-state index is -4.83. The molecule has 0 bridgehead atoms. The number of carbonyl (C=O) groups excluding carboxylic acids is 2. The number of fused-ring (bicyclic) bond motifs is 2. The number of aromatic nitrogens is 3. The van der Waals surface area contributed by atoms with Gasteiger partial charge in [0.15, 0.2) is 5.69 Å². The van der Waals surface area contributed by atoms with E-state index in [1.807, 2.05) is 36.9 Å². The van der Waals surface area contributed by atoms with E-state index in [9.17, 15) is 22.8 Å². The lowest BCUT2D eigenvalue weighted by Gasteiger charge is -2.49. The molecule has 0 aromatic carbocycles. The van der Waals surface area contributed by atoms with Crippen LogP contribution in [0.5, 0.6) is 11.8 Å². The summed E-state index contributed by atoms with van der Waals surface area (Å²) in [7, 11) is 0. The second kappa shape index (κ2) is 12.9. The van der Waals surface area contributed by atoms with Crippen LogP contribution in [0.25, 0.3) is 11.3 Å². The van der Waals surface area contributed by atoms with Gasteiger partial charge in [-0.05, 0) is 69.0 Å². The van der Waals surface area contributed by atoms with Gasteiger partial charge in [-0.1, -0.05) is 13.0 Å². The van der Waals surface area contributed by atoms with Crippen molar-refractivity contribution in [3.63, 3.8) is 0 Å². The van der Waals surface area contributed by atoms with Crippen LogP contribution in [0.2, 0.25) is 0 Å². The number of carbonyl (C=O) groups is 2. The van der Waals surface area contributed by atoms with Crippen LogP contribution in [0, 0.1) is 0 Å².